The molecule has 1 unspecified atom stereocenters. The molecule has 0 saturated heterocycles. The zero-order valence-electron chi connectivity index (χ0n) is 14.0. The minimum atomic E-state index is -0.181. The summed E-state index contributed by atoms with van der Waals surface area (Å²) in [5, 5.41) is 19.4. The summed E-state index contributed by atoms with van der Waals surface area (Å²) in [5.74, 6) is 0. The van der Waals surface area contributed by atoms with Gasteiger partial charge in [0.1, 0.15) is 0 Å². The Kier molecular flexibility index (Phi) is 15.9. The highest BCUT2D eigenvalue weighted by Crippen LogP contribution is 2.10. The second-order valence-corrected chi connectivity index (χ2v) is 6.00. The second kappa shape index (κ2) is 14.3. The number of hydroxylamine groups is 3. The molecule has 0 radical (unpaired) electrons. The molecular formula is C16H37NO2. The van der Waals surface area contributed by atoms with Crippen LogP contribution in [0.15, 0.2) is 0 Å². The molecular weight excluding hydrogens is 238 g/mol. The summed E-state index contributed by atoms with van der Waals surface area (Å²) in [6.07, 6.45) is 11.7. The van der Waals surface area contributed by atoms with Crippen LogP contribution in [-0.2, 0) is 0 Å². The molecule has 0 aliphatic heterocycles. The number of quaternary nitrogens is 1. The molecule has 0 fully saturated rings. The first-order chi connectivity index (χ1) is 8.83. The van der Waals surface area contributed by atoms with Gasteiger partial charge >= 0.3 is 0 Å². The first-order valence-electron chi connectivity index (χ1n) is 8.05. The maximum Gasteiger partial charge on any atom is 0.0751 e. The van der Waals surface area contributed by atoms with Crippen LogP contribution in [-0.4, -0.2) is 36.5 Å². The molecule has 0 aliphatic carbocycles. The van der Waals surface area contributed by atoms with Crippen LogP contribution in [0.1, 0.15) is 78.6 Å². The van der Waals surface area contributed by atoms with Crippen LogP contribution in [0.4, 0.5) is 0 Å². The number of hydrogen-bond donors (Lipinski definition) is 1. The zero-order valence-corrected chi connectivity index (χ0v) is 14.0. The third-order valence-electron chi connectivity index (χ3n) is 3.24. The predicted octanol–water partition coefficient (Wildman–Crippen LogP) is 4.48. The van der Waals surface area contributed by atoms with Crippen molar-refractivity contribution in [1.29, 1.82) is 0 Å². The van der Waals surface area contributed by atoms with Crippen LogP contribution in [0.3, 0.4) is 0 Å². The number of nitrogens with zero attached hydrogens (tertiary/aromatic N) is 1. The predicted molar refractivity (Wildman–Crippen MR) is 84.9 cm³/mol. The van der Waals surface area contributed by atoms with Gasteiger partial charge in [-0.2, -0.15) is 0 Å². The SMILES string of the molecule is CCCCCCCCCCC(C)O.CC[N+](C)(C)[O-]. The fourth-order valence-electron chi connectivity index (χ4n) is 1.57. The molecule has 1 N–H and O–H groups in total. The maximum atomic E-state index is 10.4. The number of aliphatic hydroxyl groups excluding tert-OH is 1. The quantitative estimate of drug-likeness (QED) is 0.363. The number of aliphatic hydroxyl groups is 1. The van der Waals surface area contributed by atoms with Crippen molar-refractivity contribution in [2.75, 3.05) is 20.6 Å². The van der Waals surface area contributed by atoms with Gasteiger partial charge in [0.25, 0.3) is 0 Å². The van der Waals surface area contributed by atoms with E-state index in [-0.39, 0.29) is 10.8 Å². The molecule has 0 spiro atoms. The maximum absolute atomic E-state index is 10.4. The lowest BCUT2D eigenvalue weighted by Gasteiger charge is -2.31. The molecule has 0 aromatic rings. The molecule has 0 amide bonds. The Balaban J connectivity index is 0. The van der Waals surface area contributed by atoms with Crippen molar-refractivity contribution < 1.29 is 9.75 Å². The topological polar surface area (TPSA) is 43.3 Å². The normalized spacial score (nSPS) is 12.8. The average Bonchev–Trinajstić information content (AvgIpc) is 2.32. The van der Waals surface area contributed by atoms with E-state index in [1.807, 2.05) is 13.8 Å². The van der Waals surface area contributed by atoms with Gasteiger partial charge in [0.15, 0.2) is 0 Å². The zero-order chi connectivity index (χ0) is 15.1. The van der Waals surface area contributed by atoms with Gasteiger partial charge in [-0.15, -0.1) is 0 Å². The van der Waals surface area contributed by atoms with Crippen LogP contribution < -0.4 is 0 Å². The fourth-order valence-corrected chi connectivity index (χ4v) is 1.57. The highest BCUT2D eigenvalue weighted by atomic mass is 16.5. The minimum absolute atomic E-state index is 0.0971. The molecule has 0 rings (SSSR count). The summed E-state index contributed by atoms with van der Waals surface area (Å²) in [6.45, 7) is 6.65. The van der Waals surface area contributed by atoms with Gasteiger partial charge < -0.3 is 15.0 Å². The van der Waals surface area contributed by atoms with Crippen molar-refractivity contribution >= 4 is 0 Å². The summed E-state index contributed by atoms with van der Waals surface area (Å²) < 4.78 is -0.181. The van der Waals surface area contributed by atoms with E-state index in [1.165, 1.54) is 51.4 Å². The van der Waals surface area contributed by atoms with Gasteiger partial charge in [-0.3, -0.25) is 0 Å². The molecule has 0 saturated carbocycles. The van der Waals surface area contributed by atoms with Gasteiger partial charge in [-0.05, 0) is 20.3 Å². The number of unbranched alkanes of at least 4 members (excludes halogenated alkanes) is 7. The molecule has 0 aliphatic rings. The number of rotatable bonds is 10. The summed E-state index contributed by atoms with van der Waals surface area (Å²) >= 11 is 0. The molecule has 19 heavy (non-hydrogen) atoms. The first kappa shape index (κ1) is 21.2. The lowest BCUT2D eigenvalue weighted by atomic mass is 10.1. The summed E-state index contributed by atoms with van der Waals surface area (Å²) in [4.78, 5) is 0. The Morgan fingerprint density at radius 2 is 1.26 bits per heavy atom. The van der Waals surface area contributed by atoms with E-state index in [2.05, 4.69) is 6.92 Å². The van der Waals surface area contributed by atoms with Crippen LogP contribution in [0.25, 0.3) is 0 Å². The van der Waals surface area contributed by atoms with Gasteiger partial charge in [0, 0.05) is 0 Å². The third-order valence-corrected chi connectivity index (χ3v) is 3.24. The van der Waals surface area contributed by atoms with Crippen LogP contribution >= 0.6 is 0 Å². The van der Waals surface area contributed by atoms with Crippen molar-refractivity contribution in [3.63, 3.8) is 0 Å². The standard InChI is InChI=1S/C12H26O.C4H11NO/c1-3-4-5-6-7-8-9-10-11-12(2)13;1-4-5(2,3)6/h12-13H,3-11H2,1-2H3;4H2,1-3H3. The monoisotopic (exact) mass is 275 g/mol. The Morgan fingerprint density at radius 1 is 0.895 bits per heavy atom. The van der Waals surface area contributed by atoms with Crippen molar-refractivity contribution in [2.45, 2.75) is 84.7 Å². The van der Waals surface area contributed by atoms with E-state index in [1.54, 1.807) is 14.1 Å². The Bertz CT molecular complexity index is 165. The van der Waals surface area contributed by atoms with Crippen LogP contribution in [0.5, 0.6) is 0 Å². The van der Waals surface area contributed by atoms with Gasteiger partial charge in [0.2, 0.25) is 0 Å². The molecule has 0 aromatic heterocycles. The first-order valence-corrected chi connectivity index (χ1v) is 8.05. The van der Waals surface area contributed by atoms with E-state index in [0.717, 1.165) is 6.42 Å². The molecule has 0 heterocycles. The van der Waals surface area contributed by atoms with Gasteiger partial charge in [-0.1, -0.05) is 58.3 Å². The highest BCUT2D eigenvalue weighted by Gasteiger charge is 1.95. The summed E-state index contributed by atoms with van der Waals surface area (Å²) in [6, 6.07) is 0. The molecule has 3 heteroatoms. The van der Waals surface area contributed by atoms with Gasteiger partial charge in [0.05, 0.1) is 26.7 Å². The Hall–Kier alpha value is -0.120. The van der Waals surface area contributed by atoms with Crippen molar-refractivity contribution in [3.8, 4) is 0 Å². The van der Waals surface area contributed by atoms with Crippen molar-refractivity contribution in [2.24, 2.45) is 0 Å². The second-order valence-electron chi connectivity index (χ2n) is 6.00. The van der Waals surface area contributed by atoms with Crippen LogP contribution in [0, 0.1) is 5.21 Å². The molecule has 0 aromatic carbocycles. The van der Waals surface area contributed by atoms with Gasteiger partial charge in [-0.25, -0.2) is 0 Å². The van der Waals surface area contributed by atoms with E-state index in [9.17, 15) is 5.21 Å². The molecule has 3 nitrogen and oxygen atoms in total. The van der Waals surface area contributed by atoms with E-state index in [4.69, 9.17) is 5.11 Å². The third kappa shape index (κ3) is 27.2. The number of hydrogen-bond acceptors (Lipinski definition) is 2. The summed E-state index contributed by atoms with van der Waals surface area (Å²) in [5.41, 5.74) is 0. The molecule has 118 valence electrons. The average molecular weight is 275 g/mol. The van der Waals surface area contributed by atoms with Crippen LogP contribution in [0.2, 0.25) is 0 Å². The molecule has 1 atom stereocenters. The smallest absolute Gasteiger partial charge is 0.0751 e. The van der Waals surface area contributed by atoms with E-state index >= 15 is 0 Å². The summed E-state index contributed by atoms with van der Waals surface area (Å²) in [7, 11) is 3.25. The largest absolute Gasteiger partial charge is 0.633 e. The van der Waals surface area contributed by atoms with E-state index in [0.29, 0.717) is 6.54 Å². The fraction of sp³-hybridized carbons (Fsp3) is 1.00. The Morgan fingerprint density at radius 3 is 1.58 bits per heavy atom. The van der Waals surface area contributed by atoms with Crippen molar-refractivity contribution in [3.05, 3.63) is 5.21 Å². The highest BCUT2D eigenvalue weighted by molar-refractivity contribution is 4.49. The van der Waals surface area contributed by atoms with Crippen molar-refractivity contribution in [1.82, 2.24) is 0 Å². The van der Waals surface area contributed by atoms with E-state index < -0.39 is 0 Å². The lowest BCUT2D eigenvalue weighted by Crippen LogP contribution is -2.31. The lowest BCUT2D eigenvalue weighted by molar-refractivity contribution is -0.837. The molecule has 0 bridgehead atoms. The minimum Gasteiger partial charge on any atom is -0.633 e. The Labute approximate surface area is 121 Å².